The molecule has 21 heavy (non-hydrogen) atoms. The van der Waals surface area contributed by atoms with Gasteiger partial charge in [-0.05, 0) is 42.9 Å². The zero-order valence-corrected chi connectivity index (χ0v) is 13.8. The summed E-state index contributed by atoms with van der Waals surface area (Å²) >= 11 is 0. The lowest BCUT2D eigenvalue weighted by atomic mass is 10.0. The summed E-state index contributed by atoms with van der Waals surface area (Å²) in [5.41, 5.74) is 1.89. The van der Waals surface area contributed by atoms with Crippen LogP contribution in [0.4, 0.5) is 5.69 Å². The van der Waals surface area contributed by atoms with Crippen molar-refractivity contribution >= 4 is 15.7 Å². The second-order valence-electron chi connectivity index (χ2n) is 6.10. The Bertz CT molecular complexity index is 568. The molecule has 1 aromatic rings. The number of hydrogen-bond donors (Lipinski definition) is 2. The van der Waals surface area contributed by atoms with Crippen LogP contribution in [0.5, 0.6) is 0 Å². The number of unbranched alkanes of at least 4 members (excludes halogenated alkanes) is 1. The van der Waals surface area contributed by atoms with Gasteiger partial charge in [0.25, 0.3) is 0 Å². The van der Waals surface area contributed by atoms with E-state index < -0.39 is 10.0 Å². The number of fused-ring (bicyclic) bond motifs is 1. The summed E-state index contributed by atoms with van der Waals surface area (Å²) in [6.07, 6.45) is 4.91. The molecule has 0 unspecified atom stereocenters. The fraction of sp³-hybridized carbons (Fsp3) is 0.625. The minimum absolute atomic E-state index is 0.441. The molecule has 5 heteroatoms. The van der Waals surface area contributed by atoms with Crippen molar-refractivity contribution in [2.45, 2.75) is 50.8 Å². The Labute approximate surface area is 128 Å². The van der Waals surface area contributed by atoms with Gasteiger partial charge in [-0.25, -0.2) is 13.1 Å². The second-order valence-corrected chi connectivity index (χ2v) is 7.84. The highest BCUT2D eigenvalue weighted by molar-refractivity contribution is 7.89. The average Bonchev–Trinajstić information content (AvgIpc) is 2.46. The summed E-state index contributed by atoms with van der Waals surface area (Å²) in [6.45, 7) is 5.81. The SMILES string of the molecule is CC(C)CCCCNS(=O)(=O)c1cccc2c1CCCN2. The van der Waals surface area contributed by atoms with E-state index in [-0.39, 0.29) is 0 Å². The van der Waals surface area contributed by atoms with Gasteiger partial charge in [-0.3, -0.25) is 0 Å². The molecule has 1 aromatic carbocycles. The third kappa shape index (κ3) is 4.45. The van der Waals surface area contributed by atoms with Crippen molar-refractivity contribution in [3.05, 3.63) is 23.8 Å². The monoisotopic (exact) mass is 310 g/mol. The first-order chi connectivity index (χ1) is 10.0. The molecule has 1 heterocycles. The number of anilines is 1. The molecular formula is C16H26N2O2S. The van der Waals surface area contributed by atoms with Crippen LogP contribution in [0.3, 0.4) is 0 Å². The molecule has 1 aliphatic rings. The van der Waals surface area contributed by atoms with E-state index in [4.69, 9.17) is 0 Å². The molecule has 4 nitrogen and oxygen atoms in total. The number of nitrogens with one attached hydrogen (secondary N) is 2. The summed E-state index contributed by atoms with van der Waals surface area (Å²) in [4.78, 5) is 0.441. The van der Waals surface area contributed by atoms with Gasteiger partial charge in [0.1, 0.15) is 0 Å². The molecule has 2 N–H and O–H groups in total. The van der Waals surface area contributed by atoms with E-state index in [0.29, 0.717) is 17.4 Å². The molecule has 118 valence electrons. The summed E-state index contributed by atoms with van der Waals surface area (Å²) in [6, 6.07) is 5.48. The largest absolute Gasteiger partial charge is 0.385 e. The summed E-state index contributed by atoms with van der Waals surface area (Å²) < 4.78 is 27.7. The zero-order valence-electron chi connectivity index (χ0n) is 13.0. The maximum Gasteiger partial charge on any atom is 0.240 e. The Morgan fingerprint density at radius 1 is 1.29 bits per heavy atom. The molecule has 2 rings (SSSR count). The first-order valence-corrected chi connectivity index (χ1v) is 9.34. The van der Waals surface area contributed by atoms with Crippen molar-refractivity contribution in [2.75, 3.05) is 18.4 Å². The van der Waals surface area contributed by atoms with Gasteiger partial charge in [-0.2, -0.15) is 0 Å². The third-order valence-electron chi connectivity index (χ3n) is 3.84. The van der Waals surface area contributed by atoms with E-state index in [2.05, 4.69) is 23.9 Å². The number of benzene rings is 1. The van der Waals surface area contributed by atoms with Gasteiger partial charge < -0.3 is 5.32 Å². The van der Waals surface area contributed by atoms with Gasteiger partial charge in [0.2, 0.25) is 10.0 Å². The Hall–Kier alpha value is -1.07. The molecule has 1 aliphatic heterocycles. The van der Waals surface area contributed by atoms with Gasteiger partial charge in [0, 0.05) is 18.8 Å². The van der Waals surface area contributed by atoms with Crippen LogP contribution >= 0.6 is 0 Å². The molecule has 0 saturated carbocycles. The van der Waals surface area contributed by atoms with E-state index in [1.54, 1.807) is 6.07 Å². The maximum atomic E-state index is 12.5. The quantitative estimate of drug-likeness (QED) is 0.761. The maximum absolute atomic E-state index is 12.5. The number of rotatable bonds is 7. The minimum atomic E-state index is -3.39. The van der Waals surface area contributed by atoms with E-state index in [9.17, 15) is 8.42 Å². The van der Waals surface area contributed by atoms with Crippen molar-refractivity contribution in [1.29, 1.82) is 0 Å². The van der Waals surface area contributed by atoms with E-state index in [0.717, 1.165) is 49.9 Å². The summed E-state index contributed by atoms with van der Waals surface area (Å²) in [7, 11) is -3.39. The number of sulfonamides is 1. The molecule has 0 radical (unpaired) electrons. The van der Waals surface area contributed by atoms with Crippen LogP contribution in [0.15, 0.2) is 23.1 Å². The first kappa shape index (κ1) is 16.3. The highest BCUT2D eigenvalue weighted by atomic mass is 32.2. The Morgan fingerprint density at radius 3 is 2.86 bits per heavy atom. The summed E-state index contributed by atoms with van der Waals surface area (Å²) in [5.74, 6) is 0.675. The lowest BCUT2D eigenvalue weighted by Gasteiger charge is -2.21. The van der Waals surface area contributed by atoms with Crippen molar-refractivity contribution in [3.8, 4) is 0 Å². The van der Waals surface area contributed by atoms with Crippen molar-refractivity contribution in [1.82, 2.24) is 4.72 Å². The highest BCUT2D eigenvalue weighted by Crippen LogP contribution is 2.28. The van der Waals surface area contributed by atoms with Crippen molar-refractivity contribution in [3.63, 3.8) is 0 Å². The molecule has 0 spiro atoms. The van der Waals surface area contributed by atoms with Gasteiger partial charge in [0.15, 0.2) is 0 Å². The minimum Gasteiger partial charge on any atom is -0.385 e. The highest BCUT2D eigenvalue weighted by Gasteiger charge is 2.21. The lowest BCUT2D eigenvalue weighted by Crippen LogP contribution is -2.27. The van der Waals surface area contributed by atoms with E-state index in [1.807, 2.05) is 12.1 Å². The van der Waals surface area contributed by atoms with Crippen LogP contribution < -0.4 is 10.0 Å². The Morgan fingerprint density at radius 2 is 2.10 bits per heavy atom. The zero-order chi connectivity index (χ0) is 15.3. The van der Waals surface area contributed by atoms with Gasteiger partial charge >= 0.3 is 0 Å². The third-order valence-corrected chi connectivity index (χ3v) is 5.39. The van der Waals surface area contributed by atoms with Crippen molar-refractivity contribution < 1.29 is 8.42 Å². The fourth-order valence-electron chi connectivity index (χ4n) is 2.69. The first-order valence-electron chi connectivity index (χ1n) is 7.86. The molecule has 0 bridgehead atoms. The average molecular weight is 310 g/mol. The van der Waals surface area contributed by atoms with E-state index >= 15 is 0 Å². The predicted molar refractivity (Wildman–Crippen MR) is 87.1 cm³/mol. The van der Waals surface area contributed by atoms with Crippen LogP contribution in [0.25, 0.3) is 0 Å². The Balaban J connectivity index is 2.00. The van der Waals surface area contributed by atoms with Crippen LogP contribution in [0, 0.1) is 5.92 Å². The smallest absolute Gasteiger partial charge is 0.240 e. The van der Waals surface area contributed by atoms with Gasteiger partial charge in [-0.1, -0.05) is 32.8 Å². The van der Waals surface area contributed by atoms with Crippen LogP contribution in [-0.2, 0) is 16.4 Å². The second kappa shape index (κ2) is 7.27. The fourth-order valence-corrected chi connectivity index (χ4v) is 4.05. The van der Waals surface area contributed by atoms with Crippen molar-refractivity contribution in [2.24, 2.45) is 5.92 Å². The Kier molecular flexibility index (Phi) is 5.65. The topological polar surface area (TPSA) is 58.2 Å². The number of hydrogen-bond acceptors (Lipinski definition) is 3. The molecular weight excluding hydrogens is 284 g/mol. The summed E-state index contributed by atoms with van der Waals surface area (Å²) in [5, 5.41) is 3.27. The lowest BCUT2D eigenvalue weighted by molar-refractivity contribution is 0.530. The standard InChI is InChI=1S/C16H26N2O2S/c1-13(2)7-3-4-12-18-21(19,20)16-10-5-9-15-14(16)8-6-11-17-15/h5,9-10,13,17-18H,3-4,6-8,11-12H2,1-2H3. The molecule has 0 fully saturated rings. The predicted octanol–water partition coefficient (Wildman–Crippen LogP) is 3.15. The van der Waals surface area contributed by atoms with Crippen LogP contribution in [-0.4, -0.2) is 21.5 Å². The van der Waals surface area contributed by atoms with Gasteiger partial charge in [0.05, 0.1) is 4.90 Å². The normalized spacial score (nSPS) is 14.8. The molecule has 0 saturated heterocycles. The molecule has 0 amide bonds. The molecule has 0 atom stereocenters. The molecule has 0 aliphatic carbocycles. The van der Waals surface area contributed by atoms with Crippen LogP contribution in [0.1, 0.15) is 45.1 Å². The van der Waals surface area contributed by atoms with Gasteiger partial charge in [-0.15, -0.1) is 0 Å². The van der Waals surface area contributed by atoms with E-state index in [1.165, 1.54) is 0 Å². The molecule has 0 aromatic heterocycles. The van der Waals surface area contributed by atoms with Crippen LogP contribution in [0.2, 0.25) is 0 Å².